The minimum absolute atomic E-state index is 0.573. The van der Waals surface area contributed by atoms with Crippen molar-refractivity contribution in [2.24, 2.45) is 0 Å². The largest absolute Gasteiger partial charge is 0.316 e. The molecule has 0 aliphatic rings. The Morgan fingerprint density at radius 3 is 2.60 bits per heavy atom. The van der Waals surface area contributed by atoms with Gasteiger partial charge in [0.15, 0.2) is 0 Å². The SMILES string of the molecule is CCCNCC(CCc1ccc(Cl)s1)c1ccccc1. The minimum Gasteiger partial charge on any atom is -0.316 e. The van der Waals surface area contributed by atoms with Crippen LogP contribution in [0.25, 0.3) is 0 Å². The Bertz CT molecular complexity index is 495. The Morgan fingerprint density at radius 2 is 1.95 bits per heavy atom. The van der Waals surface area contributed by atoms with E-state index in [1.54, 1.807) is 11.3 Å². The van der Waals surface area contributed by atoms with Crippen molar-refractivity contribution < 1.29 is 0 Å². The Morgan fingerprint density at radius 1 is 1.15 bits per heavy atom. The van der Waals surface area contributed by atoms with Crippen LogP contribution in [0.4, 0.5) is 0 Å². The predicted octanol–water partition coefficient (Wildman–Crippen LogP) is 5.12. The molecule has 0 saturated carbocycles. The molecule has 1 aromatic heterocycles. The summed E-state index contributed by atoms with van der Waals surface area (Å²) in [4.78, 5) is 1.38. The van der Waals surface area contributed by atoms with Gasteiger partial charge in [0.25, 0.3) is 0 Å². The second-order valence-electron chi connectivity index (χ2n) is 5.06. The lowest BCUT2D eigenvalue weighted by atomic mass is 9.94. The van der Waals surface area contributed by atoms with E-state index in [2.05, 4.69) is 48.6 Å². The van der Waals surface area contributed by atoms with Crippen molar-refractivity contribution in [3.05, 3.63) is 57.2 Å². The van der Waals surface area contributed by atoms with Gasteiger partial charge in [0.05, 0.1) is 4.34 Å². The number of hydrogen-bond acceptors (Lipinski definition) is 2. The van der Waals surface area contributed by atoms with Crippen LogP contribution in [0.3, 0.4) is 0 Å². The molecule has 0 aliphatic carbocycles. The van der Waals surface area contributed by atoms with Crippen molar-refractivity contribution in [2.75, 3.05) is 13.1 Å². The molecule has 0 aliphatic heterocycles. The van der Waals surface area contributed by atoms with Crippen molar-refractivity contribution in [1.29, 1.82) is 0 Å². The third-order valence-electron chi connectivity index (χ3n) is 3.46. The van der Waals surface area contributed by atoms with Gasteiger partial charge in [-0.2, -0.15) is 0 Å². The number of halogens is 1. The zero-order valence-corrected chi connectivity index (χ0v) is 13.5. The van der Waals surface area contributed by atoms with Crippen LogP contribution in [0.1, 0.15) is 36.1 Å². The fourth-order valence-electron chi connectivity index (χ4n) is 2.37. The normalized spacial score (nSPS) is 12.5. The number of thiophene rings is 1. The summed E-state index contributed by atoms with van der Waals surface area (Å²) in [7, 11) is 0. The van der Waals surface area contributed by atoms with E-state index in [0.29, 0.717) is 5.92 Å². The van der Waals surface area contributed by atoms with E-state index in [4.69, 9.17) is 11.6 Å². The molecule has 2 aromatic rings. The highest BCUT2D eigenvalue weighted by molar-refractivity contribution is 7.16. The van der Waals surface area contributed by atoms with E-state index >= 15 is 0 Å². The van der Waals surface area contributed by atoms with Gasteiger partial charge in [-0.25, -0.2) is 0 Å². The highest BCUT2D eigenvalue weighted by Crippen LogP contribution is 2.26. The van der Waals surface area contributed by atoms with Crippen LogP contribution >= 0.6 is 22.9 Å². The van der Waals surface area contributed by atoms with Crippen molar-refractivity contribution in [3.63, 3.8) is 0 Å². The van der Waals surface area contributed by atoms with Gasteiger partial charge in [-0.3, -0.25) is 0 Å². The van der Waals surface area contributed by atoms with E-state index in [0.717, 1.165) is 30.3 Å². The van der Waals surface area contributed by atoms with Crippen molar-refractivity contribution in [1.82, 2.24) is 5.32 Å². The number of aryl methyl sites for hydroxylation is 1. The van der Waals surface area contributed by atoms with Gasteiger partial charge in [0.2, 0.25) is 0 Å². The van der Waals surface area contributed by atoms with Crippen LogP contribution in [-0.2, 0) is 6.42 Å². The average Bonchev–Trinajstić information content (AvgIpc) is 2.89. The van der Waals surface area contributed by atoms with Crippen LogP contribution in [0.5, 0.6) is 0 Å². The van der Waals surface area contributed by atoms with Crippen molar-refractivity contribution in [2.45, 2.75) is 32.1 Å². The summed E-state index contributed by atoms with van der Waals surface area (Å²) in [6, 6.07) is 15.0. The molecule has 2 rings (SSSR count). The lowest BCUT2D eigenvalue weighted by molar-refractivity contribution is 0.550. The summed E-state index contributed by atoms with van der Waals surface area (Å²) in [5.74, 6) is 0.573. The van der Waals surface area contributed by atoms with Crippen molar-refractivity contribution >= 4 is 22.9 Å². The molecule has 20 heavy (non-hydrogen) atoms. The minimum atomic E-state index is 0.573. The first-order valence-corrected chi connectivity index (χ1v) is 8.49. The van der Waals surface area contributed by atoms with Crippen LogP contribution in [0, 0.1) is 0 Å². The smallest absolute Gasteiger partial charge is 0.0931 e. The fraction of sp³-hybridized carbons (Fsp3) is 0.412. The standard InChI is InChI=1S/C17H22ClNS/c1-2-12-19-13-15(14-6-4-3-5-7-14)8-9-16-10-11-17(18)20-16/h3-7,10-11,15,19H,2,8-9,12-13H2,1H3. The Labute approximate surface area is 131 Å². The first-order valence-electron chi connectivity index (χ1n) is 7.29. The molecule has 1 unspecified atom stereocenters. The zero-order chi connectivity index (χ0) is 14.2. The molecule has 1 heterocycles. The molecule has 1 atom stereocenters. The van der Waals surface area contributed by atoms with E-state index in [1.165, 1.54) is 16.9 Å². The van der Waals surface area contributed by atoms with Crippen molar-refractivity contribution in [3.8, 4) is 0 Å². The van der Waals surface area contributed by atoms with Gasteiger partial charge in [-0.1, -0.05) is 48.9 Å². The quantitative estimate of drug-likeness (QED) is 0.668. The highest BCUT2D eigenvalue weighted by Gasteiger charge is 2.11. The van der Waals surface area contributed by atoms with E-state index in [9.17, 15) is 0 Å². The first-order chi connectivity index (χ1) is 9.79. The fourth-order valence-corrected chi connectivity index (χ4v) is 3.47. The third-order valence-corrected chi connectivity index (χ3v) is 4.75. The molecule has 0 saturated heterocycles. The van der Waals surface area contributed by atoms with Crippen LogP contribution in [0.15, 0.2) is 42.5 Å². The lowest BCUT2D eigenvalue weighted by Gasteiger charge is -2.17. The number of rotatable bonds is 8. The summed E-state index contributed by atoms with van der Waals surface area (Å²) >= 11 is 7.70. The molecule has 0 amide bonds. The van der Waals surface area contributed by atoms with Gasteiger partial charge in [-0.05, 0) is 49.4 Å². The summed E-state index contributed by atoms with van der Waals surface area (Å²) in [6.45, 7) is 4.35. The van der Waals surface area contributed by atoms with Gasteiger partial charge in [0, 0.05) is 11.4 Å². The van der Waals surface area contributed by atoms with E-state index in [1.807, 2.05) is 6.07 Å². The molecular formula is C17H22ClNS. The van der Waals surface area contributed by atoms with E-state index < -0.39 is 0 Å². The molecule has 0 spiro atoms. The molecule has 0 radical (unpaired) electrons. The van der Waals surface area contributed by atoms with Crippen LogP contribution in [0.2, 0.25) is 4.34 Å². The van der Waals surface area contributed by atoms with Gasteiger partial charge >= 0.3 is 0 Å². The van der Waals surface area contributed by atoms with E-state index in [-0.39, 0.29) is 0 Å². The Balaban J connectivity index is 1.95. The monoisotopic (exact) mass is 307 g/mol. The first kappa shape index (κ1) is 15.6. The molecule has 1 nitrogen and oxygen atoms in total. The maximum Gasteiger partial charge on any atom is 0.0931 e. The second kappa shape index (κ2) is 8.46. The molecule has 1 aromatic carbocycles. The number of nitrogens with one attached hydrogen (secondary N) is 1. The molecule has 108 valence electrons. The zero-order valence-electron chi connectivity index (χ0n) is 11.9. The van der Waals surface area contributed by atoms with Crippen LogP contribution < -0.4 is 5.32 Å². The average molecular weight is 308 g/mol. The van der Waals surface area contributed by atoms with Gasteiger partial charge in [0.1, 0.15) is 0 Å². The maximum absolute atomic E-state index is 6.00. The van der Waals surface area contributed by atoms with Gasteiger partial charge in [-0.15, -0.1) is 11.3 Å². The summed E-state index contributed by atoms with van der Waals surface area (Å²) in [5, 5.41) is 3.55. The predicted molar refractivity (Wildman–Crippen MR) is 90.0 cm³/mol. The highest BCUT2D eigenvalue weighted by atomic mass is 35.5. The molecular weight excluding hydrogens is 286 g/mol. The summed E-state index contributed by atoms with van der Waals surface area (Å²) in [6.07, 6.45) is 3.45. The van der Waals surface area contributed by atoms with Gasteiger partial charge < -0.3 is 5.32 Å². The molecule has 3 heteroatoms. The molecule has 1 N–H and O–H groups in total. The summed E-state index contributed by atoms with van der Waals surface area (Å²) in [5.41, 5.74) is 1.43. The molecule has 0 bridgehead atoms. The molecule has 0 fully saturated rings. The maximum atomic E-state index is 6.00. The second-order valence-corrected chi connectivity index (χ2v) is 6.86. The Hall–Kier alpha value is -0.830. The number of hydrogen-bond donors (Lipinski definition) is 1. The lowest BCUT2D eigenvalue weighted by Crippen LogP contribution is -2.22. The topological polar surface area (TPSA) is 12.0 Å². The van der Waals surface area contributed by atoms with Crippen LogP contribution in [-0.4, -0.2) is 13.1 Å². The number of benzene rings is 1. The third kappa shape index (κ3) is 4.93. The summed E-state index contributed by atoms with van der Waals surface area (Å²) < 4.78 is 0.889. The Kier molecular flexibility index (Phi) is 6.58.